The Morgan fingerprint density at radius 2 is 2.00 bits per heavy atom. The van der Waals surface area contributed by atoms with E-state index >= 15 is 0 Å². The summed E-state index contributed by atoms with van der Waals surface area (Å²) in [7, 11) is 4.54. The molecule has 1 rings (SSSR count). The number of hydrogen-bond donors (Lipinski definition) is 0. The van der Waals surface area contributed by atoms with Gasteiger partial charge in [0.2, 0.25) is 0 Å². The van der Waals surface area contributed by atoms with Crippen LogP contribution in [0.1, 0.15) is 21.7 Å². The fourth-order valence-electron chi connectivity index (χ4n) is 1.26. The third-order valence-corrected chi connectivity index (χ3v) is 2.15. The van der Waals surface area contributed by atoms with E-state index in [0.717, 1.165) is 19.2 Å². The molecule has 1 aromatic heterocycles. The molecule has 1 aromatic rings. The second kappa shape index (κ2) is 5.73. The summed E-state index contributed by atoms with van der Waals surface area (Å²) in [6.07, 6.45) is -1.74. The van der Waals surface area contributed by atoms with E-state index in [0.29, 0.717) is 0 Å². The van der Waals surface area contributed by atoms with Gasteiger partial charge in [0.25, 0.3) is 0 Å². The Morgan fingerprint density at radius 1 is 1.37 bits per heavy atom. The molecule has 0 aliphatic rings. The average Bonchev–Trinajstić information content (AvgIpc) is 2.33. The summed E-state index contributed by atoms with van der Waals surface area (Å²) in [4.78, 5) is 16.5. The van der Waals surface area contributed by atoms with Gasteiger partial charge in [0.15, 0.2) is 0 Å². The molecule has 0 aliphatic carbocycles. The van der Waals surface area contributed by atoms with E-state index in [9.17, 15) is 18.0 Å². The normalized spacial score (nSPS) is 11.7. The first kappa shape index (κ1) is 15.0. The minimum absolute atomic E-state index is 0.0198. The molecule has 104 valence electrons. The van der Waals surface area contributed by atoms with Crippen LogP contribution in [-0.2, 0) is 10.9 Å². The maximum Gasteiger partial charge on any atom is 0.433 e. The van der Waals surface area contributed by atoms with Crippen molar-refractivity contribution < 1.29 is 22.7 Å². The van der Waals surface area contributed by atoms with Crippen molar-refractivity contribution in [3.05, 3.63) is 35.3 Å². The Hall–Kier alpha value is -2.05. The van der Waals surface area contributed by atoms with Crippen LogP contribution in [0.4, 0.5) is 13.2 Å². The molecular formula is C12H13F3N2O2. The number of halogens is 3. The number of ether oxygens (including phenoxy) is 1. The third-order valence-electron chi connectivity index (χ3n) is 2.15. The van der Waals surface area contributed by atoms with E-state index in [1.807, 2.05) is 0 Å². The molecule has 0 radical (unpaired) electrons. The number of nitrogens with zero attached hydrogens (tertiary/aromatic N) is 2. The first-order chi connectivity index (χ1) is 8.75. The predicted molar refractivity (Wildman–Crippen MR) is 63.3 cm³/mol. The smallest absolute Gasteiger partial charge is 0.433 e. The largest absolute Gasteiger partial charge is 0.465 e. The minimum atomic E-state index is -4.56. The molecule has 0 atom stereocenters. The van der Waals surface area contributed by atoms with Crippen LogP contribution >= 0.6 is 0 Å². The lowest BCUT2D eigenvalue weighted by Gasteiger charge is -2.10. The molecule has 0 N–H and O–H groups in total. The monoisotopic (exact) mass is 274 g/mol. The SMILES string of the molecule is COC(=O)c1ccc(C(F)(F)F)nc1C=CN(C)C. The lowest BCUT2D eigenvalue weighted by atomic mass is 10.1. The minimum Gasteiger partial charge on any atom is -0.465 e. The highest BCUT2D eigenvalue weighted by atomic mass is 19.4. The van der Waals surface area contributed by atoms with Crippen molar-refractivity contribution in [2.45, 2.75) is 6.18 Å². The summed E-state index contributed by atoms with van der Waals surface area (Å²) in [5.74, 6) is -0.736. The number of aromatic nitrogens is 1. The van der Waals surface area contributed by atoms with Crippen molar-refractivity contribution >= 4 is 12.0 Å². The Balaban J connectivity index is 3.30. The van der Waals surface area contributed by atoms with Crippen LogP contribution in [0.5, 0.6) is 0 Å². The van der Waals surface area contributed by atoms with Gasteiger partial charge in [0, 0.05) is 20.3 Å². The van der Waals surface area contributed by atoms with Crippen molar-refractivity contribution in [1.82, 2.24) is 9.88 Å². The van der Waals surface area contributed by atoms with Gasteiger partial charge >= 0.3 is 12.1 Å². The fraction of sp³-hybridized carbons (Fsp3) is 0.333. The lowest BCUT2D eigenvalue weighted by Crippen LogP contribution is -2.13. The number of carbonyl (C=O) groups is 1. The zero-order valence-corrected chi connectivity index (χ0v) is 10.7. The molecule has 0 saturated heterocycles. The average molecular weight is 274 g/mol. The second-order valence-electron chi connectivity index (χ2n) is 3.90. The molecule has 0 saturated carbocycles. The number of pyridine rings is 1. The summed E-state index contributed by atoms with van der Waals surface area (Å²) in [5, 5.41) is 0. The van der Waals surface area contributed by atoms with E-state index < -0.39 is 17.8 Å². The first-order valence-corrected chi connectivity index (χ1v) is 5.27. The van der Waals surface area contributed by atoms with E-state index in [-0.39, 0.29) is 11.3 Å². The molecule has 19 heavy (non-hydrogen) atoms. The lowest BCUT2D eigenvalue weighted by molar-refractivity contribution is -0.141. The molecule has 0 amide bonds. The predicted octanol–water partition coefficient (Wildman–Crippen LogP) is 2.42. The standard InChI is InChI=1S/C12H13F3N2O2/c1-17(2)7-6-9-8(11(18)19-3)4-5-10(16-9)12(13,14)15/h4-7H,1-3H3. The van der Waals surface area contributed by atoms with Crippen LogP contribution in [0, 0.1) is 0 Å². The molecule has 0 bridgehead atoms. The van der Waals surface area contributed by atoms with Crippen molar-refractivity contribution in [1.29, 1.82) is 0 Å². The van der Waals surface area contributed by atoms with Gasteiger partial charge in [-0.3, -0.25) is 0 Å². The number of esters is 1. The number of methoxy groups -OCH3 is 1. The topological polar surface area (TPSA) is 42.4 Å². The van der Waals surface area contributed by atoms with Crippen LogP contribution in [0.2, 0.25) is 0 Å². The molecular weight excluding hydrogens is 261 g/mol. The Bertz CT molecular complexity index is 496. The van der Waals surface area contributed by atoms with Gasteiger partial charge in [0.1, 0.15) is 5.69 Å². The van der Waals surface area contributed by atoms with Crippen LogP contribution in [-0.4, -0.2) is 37.1 Å². The van der Waals surface area contributed by atoms with Crippen LogP contribution in [0.15, 0.2) is 18.3 Å². The first-order valence-electron chi connectivity index (χ1n) is 5.27. The number of rotatable bonds is 3. The van der Waals surface area contributed by atoms with Gasteiger partial charge in [-0.25, -0.2) is 9.78 Å². The second-order valence-corrected chi connectivity index (χ2v) is 3.90. The molecule has 0 aromatic carbocycles. The van der Waals surface area contributed by atoms with Gasteiger partial charge < -0.3 is 9.64 Å². The Labute approximate surface area is 108 Å². The zero-order valence-electron chi connectivity index (χ0n) is 10.7. The Kier molecular flexibility index (Phi) is 4.52. The molecule has 0 unspecified atom stereocenters. The quantitative estimate of drug-likeness (QED) is 0.794. The highest BCUT2D eigenvalue weighted by Gasteiger charge is 2.33. The number of alkyl halides is 3. The van der Waals surface area contributed by atoms with Crippen molar-refractivity contribution in [3.8, 4) is 0 Å². The van der Waals surface area contributed by atoms with Crippen molar-refractivity contribution in [2.75, 3.05) is 21.2 Å². The van der Waals surface area contributed by atoms with Gasteiger partial charge in [-0.2, -0.15) is 13.2 Å². The van der Waals surface area contributed by atoms with Gasteiger partial charge in [0.05, 0.1) is 18.4 Å². The summed E-state index contributed by atoms with van der Waals surface area (Å²) >= 11 is 0. The molecule has 0 spiro atoms. The van der Waals surface area contributed by atoms with E-state index in [1.54, 1.807) is 19.0 Å². The highest BCUT2D eigenvalue weighted by molar-refractivity contribution is 5.92. The van der Waals surface area contributed by atoms with Crippen LogP contribution in [0.25, 0.3) is 6.08 Å². The van der Waals surface area contributed by atoms with E-state index in [2.05, 4.69) is 9.72 Å². The van der Waals surface area contributed by atoms with Crippen molar-refractivity contribution in [2.24, 2.45) is 0 Å². The molecule has 1 heterocycles. The zero-order chi connectivity index (χ0) is 14.6. The molecule has 0 aliphatic heterocycles. The van der Waals surface area contributed by atoms with Gasteiger partial charge in [-0.15, -0.1) is 0 Å². The van der Waals surface area contributed by atoms with Gasteiger partial charge in [-0.05, 0) is 18.2 Å². The third kappa shape index (κ3) is 3.97. The van der Waals surface area contributed by atoms with Gasteiger partial charge in [-0.1, -0.05) is 0 Å². The van der Waals surface area contributed by atoms with E-state index in [4.69, 9.17) is 0 Å². The molecule has 4 nitrogen and oxygen atoms in total. The summed E-state index contributed by atoms with van der Waals surface area (Å²) in [6.45, 7) is 0. The maximum atomic E-state index is 12.6. The maximum absolute atomic E-state index is 12.6. The number of hydrogen-bond acceptors (Lipinski definition) is 4. The molecule has 0 fully saturated rings. The summed E-state index contributed by atoms with van der Waals surface area (Å²) < 4.78 is 42.2. The fourth-order valence-corrected chi connectivity index (χ4v) is 1.26. The van der Waals surface area contributed by atoms with Crippen LogP contribution < -0.4 is 0 Å². The Morgan fingerprint density at radius 3 is 2.47 bits per heavy atom. The highest BCUT2D eigenvalue weighted by Crippen LogP contribution is 2.28. The van der Waals surface area contributed by atoms with E-state index in [1.165, 1.54) is 12.3 Å². The van der Waals surface area contributed by atoms with Crippen molar-refractivity contribution in [3.63, 3.8) is 0 Å². The molecule has 7 heteroatoms. The number of carbonyl (C=O) groups excluding carboxylic acids is 1. The van der Waals surface area contributed by atoms with Crippen LogP contribution in [0.3, 0.4) is 0 Å². The summed E-state index contributed by atoms with van der Waals surface area (Å²) in [6, 6.07) is 1.80. The summed E-state index contributed by atoms with van der Waals surface area (Å²) in [5.41, 5.74) is -1.16.